The van der Waals surface area contributed by atoms with Gasteiger partial charge in [0.05, 0.1) is 17.8 Å². The van der Waals surface area contributed by atoms with E-state index in [1.54, 1.807) is 0 Å². The van der Waals surface area contributed by atoms with E-state index in [1.165, 1.54) is 16.9 Å². The zero-order valence-corrected chi connectivity index (χ0v) is 17.4. The van der Waals surface area contributed by atoms with E-state index in [9.17, 15) is 0 Å². The molecule has 0 spiro atoms. The second kappa shape index (κ2) is 7.76. The van der Waals surface area contributed by atoms with Crippen LogP contribution in [0.2, 0.25) is 0 Å². The fourth-order valence-electron chi connectivity index (χ4n) is 3.97. The average molecular weight is 391 g/mol. The highest BCUT2D eigenvalue weighted by atomic mass is 32.1. The standard InChI is InChI=1S/C23H26N4S/c1-16(2)15-27-22(21(25-23(27)28)19-10-4-5-12-24-19)20-11-7-13-26(20)18-9-6-8-17(3)14-18/h4-14,16,21-22H,15H2,1-3H3,(H,25,28). The summed E-state index contributed by atoms with van der Waals surface area (Å²) in [4.78, 5) is 6.95. The van der Waals surface area contributed by atoms with Gasteiger partial charge in [-0.15, -0.1) is 0 Å². The summed E-state index contributed by atoms with van der Waals surface area (Å²) in [7, 11) is 0. The number of benzene rings is 1. The molecule has 0 bridgehead atoms. The molecular weight excluding hydrogens is 364 g/mol. The van der Waals surface area contributed by atoms with Gasteiger partial charge >= 0.3 is 0 Å². The monoisotopic (exact) mass is 390 g/mol. The van der Waals surface area contributed by atoms with Gasteiger partial charge < -0.3 is 14.8 Å². The van der Waals surface area contributed by atoms with Crippen molar-refractivity contribution in [3.8, 4) is 5.69 Å². The predicted molar refractivity (Wildman–Crippen MR) is 118 cm³/mol. The van der Waals surface area contributed by atoms with Gasteiger partial charge in [-0.1, -0.05) is 32.0 Å². The van der Waals surface area contributed by atoms with Crippen LogP contribution in [0.25, 0.3) is 5.69 Å². The third-order valence-corrected chi connectivity index (χ3v) is 5.48. The van der Waals surface area contributed by atoms with Gasteiger partial charge in [0, 0.05) is 30.3 Å². The molecule has 0 saturated carbocycles. The van der Waals surface area contributed by atoms with Crippen molar-refractivity contribution in [2.24, 2.45) is 5.92 Å². The van der Waals surface area contributed by atoms with Crippen molar-refractivity contribution >= 4 is 17.3 Å². The van der Waals surface area contributed by atoms with Gasteiger partial charge in [-0.3, -0.25) is 4.98 Å². The third-order valence-electron chi connectivity index (χ3n) is 5.12. The first-order valence-corrected chi connectivity index (χ1v) is 10.2. The molecule has 1 N–H and O–H groups in total. The molecule has 0 radical (unpaired) electrons. The Labute approximate surface area is 172 Å². The maximum atomic E-state index is 5.75. The first-order chi connectivity index (χ1) is 13.5. The molecule has 2 atom stereocenters. The molecule has 3 heterocycles. The Bertz CT molecular complexity index is 963. The molecule has 1 aromatic carbocycles. The maximum absolute atomic E-state index is 5.75. The maximum Gasteiger partial charge on any atom is 0.170 e. The van der Waals surface area contributed by atoms with E-state index >= 15 is 0 Å². The Morgan fingerprint density at radius 3 is 2.68 bits per heavy atom. The van der Waals surface area contributed by atoms with E-state index in [0.29, 0.717) is 5.92 Å². The molecule has 5 heteroatoms. The molecule has 2 aromatic heterocycles. The van der Waals surface area contributed by atoms with Crippen molar-refractivity contribution < 1.29 is 0 Å². The van der Waals surface area contributed by atoms with Crippen molar-refractivity contribution in [2.45, 2.75) is 32.9 Å². The van der Waals surface area contributed by atoms with Crippen LogP contribution < -0.4 is 5.32 Å². The normalized spacial score (nSPS) is 19.3. The van der Waals surface area contributed by atoms with Crippen LogP contribution in [0.1, 0.15) is 42.9 Å². The Balaban J connectivity index is 1.81. The zero-order valence-electron chi connectivity index (χ0n) is 16.5. The molecule has 1 fully saturated rings. The number of hydrogen-bond donors (Lipinski definition) is 1. The Hall–Kier alpha value is -2.66. The lowest BCUT2D eigenvalue weighted by Gasteiger charge is -2.30. The summed E-state index contributed by atoms with van der Waals surface area (Å²) >= 11 is 5.75. The minimum absolute atomic E-state index is 0.0194. The number of nitrogens with one attached hydrogen (secondary N) is 1. The molecule has 28 heavy (non-hydrogen) atoms. The minimum Gasteiger partial charge on any atom is -0.352 e. The first-order valence-electron chi connectivity index (χ1n) is 9.77. The highest BCUT2D eigenvalue weighted by molar-refractivity contribution is 7.80. The van der Waals surface area contributed by atoms with E-state index in [0.717, 1.165) is 17.4 Å². The van der Waals surface area contributed by atoms with E-state index < -0.39 is 0 Å². The fraction of sp³-hybridized carbons (Fsp3) is 0.304. The van der Waals surface area contributed by atoms with Crippen LogP contribution in [0, 0.1) is 12.8 Å². The van der Waals surface area contributed by atoms with Gasteiger partial charge in [0.15, 0.2) is 5.11 Å². The summed E-state index contributed by atoms with van der Waals surface area (Å²) < 4.78 is 2.27. The van der Waals surface area contributed by atoms with Crippen LogP contribution in [0.15, 0.2) is 67.0 Å². The number of aromatic nitrogens is 2. The van der Waals surface area contributed by atoms with Crippen LogP contribution in [0.5, 0.6) is 0 Å². The van der Waals surface area contributed by atoms with Crippen molar-refractivity contribution in [1.29, 1.82) is 0 Å². The Kier molecular flexibility index (Phi) is 5.18. The quantitative estimate of drug-likeness (QED) is 0.634. The highest BCUT2D eigenvalue weighted by Gasteiger charge is 2.41. The second-order valence-corrected chi connectivity index (χ2v) is 8.20. The second-order valence-electron chi connectivity index (χ2n) is 7.81. The predicted octanol–water partition coefficient (Wildman–Crippen LogP) is 4.81. The molecule has 3 aromatic rings. The van der Waals surface area contributed by atoms with E-state index in [2.05, 4.69) is 89.2 Å². The van der Waals surface area contributed by atoms with Gasteiger partial charge in [0.2, 0.25) is 0 Å². The number of nitrogens with zero attached hydrogens (tertiary/aromatic N) is 3. The van der Waals surface area contributed by atoms with Crippen molar-refractivity contribution in [3.05, 3.63) is 83.9 Å². The molecule has 1 aliphatic heterocycles. The molecule has 4 rings (SSSR count). The van der Waals surface area contributed by atoms with E-state index in [4.69, 9.17) is 12.2 Å². The highest BCUT2D eigenvalue weighted by Crippen LogP contribution is 2.39. The molecular formula is C23H26N4S. The lowest BCUT2D eigenvalue weighted by molar-refractivity contribution is 0.280. The number of thiocarbonyl (C=S) groups is 1. The molecule has 4 nitrogen and oxygen atoms in total. The topological polar surface area (TPSA) is 33.1 Å². The zero-order chi connectivity index (χ0) is 19.7. The number of hydrogen-bond acceptors (Lipinski definition) is 2. The average Bonchev–Trinajstić information content (AvgIpc) is 3.27. The van der Waals surface area contributed by atoms with Gasteiger partial charge in [0.25, 0.3) is 0 Å². The molecule has 0 aliphatic carbocycles. The first kappa shape index (κ1) is 18.7. The summed E-state index contributed by atoms with van der Waals surface area (Å²) in [5, 5.41) is 4.33. The molecule has 1 aliphatic rings. The van der Waals surface area contributed by atoms with Crippen LogP contribution >= 0.6 is 12.2 Å². The van der Waals surface area contributed by atoms with Crippen molar-refractivity contribution in [1.82, 2.24) is 19.8 Å². The lowest BCUT2D eigenvalue weighted by Crippen LogP contribution is -2.33. The van der Waals surface area contributed by atoms with Crippen LogP contribution in [-0.2, 0) is 0 Å². The van der Waals surface area contributed by atoms with Crippen LogP contribution in [0.4, 0.5) is 0 Å². The van der Waals surface area contributed by atoms with E-state index in [-0.39, 0.29) is 12.1 Å². The summed E-state index contributed by atoms with van der Waals surface area (Å²) in [5.74, 6) is 0.507. The van der Waals surface area contributed by atoms with Gasteiger partial charge in [-0.25, -0.2) is 0 Å². The van der Waals surface area contributed by atoms with Gasteiger partial charge in [0.1, 0.15) is 0 Å². The smallest absolute Gasteiger partial charge is 0.170 e. The number of rotatable bonds is 5. The Morgan fingerprint density at radius 1 is 1.11 bits per heavy atom. The SMILES string of the molecule is Cc1cccc(-n2cccc2C2C(c3ccccn3)NC(=S)N2CC(C)C)c1. The van der Waals surface area contributed by atoms with Gasteiger partial charge in [-0.2, -0.15) is 0 Å². The van der Waals surface area contributed by atoms with Crippen molar-refractivity contribution in [3.63, 3.8) is 0 Å². The minimum atomic E-state index is 0.0194. The molecule has 2 unspecified atom stereocenters. The largest absolute Gasteiger partial charge is 0.352 e. The summed E-state index contributed by atoms with van der Waals surface area (Å²) in [6, 6.07) is 19.1. The summed E-state index contributed by atoms with van der Waals surface area (Å²) in [6.45, 7) is 7.49. The van der Waals surface area contributed by atoms with Crippen LogP contribution in [-0.4, -0.2) is 26.1 Å². The summed E-state index contributed by atoms with van der Waals surface area (Å²) in [5.41, 5.74) is 4.65. The van der Waals surface area contributed by atoms with E-state index in [1.807, 2.05) is 18.3 Å². The lowest BCUT2D eigenvalue weighted by atomic mass is 10.0. The van der Waals surface area contributed by atoms with Crippen LogP contribution in [0.3, 0.4) is 0 Å². The molecule has 1 saturated heterocycles. The Morgan fingerprint density at radius 2 is 1.96 bits per heavy atom. The van der Waals surface area contributed by atoms with Gasteiger partial charge in [-0.05, 0) is 67.0 Å². The third kappa shape index (κ3) is 3.54. The fourth-order valence-corrected chi connectivity index (χ4v) is 4.28. The molecule has 144 valence electrons. The number of pyridine rings is 1. The molecule has 0 amide bonds. The number of aryl methyl sites for hydroxylation is 1. The van der Waals surface area contributed by atoms with Crippen molar-refractivity contribution in [2.75, 3.05) is 6.54 Å². The summed E-state index contributed by atoms with van der Waals surface area (Å²) in [6.07, 6.45) is 3.98.